The maximum Gasteiger partial charge on any atom is 0.135 e. The van der Waals surface area contributed by atoms with Crippen LogP contribution in [0.3, 0.4) is 0 Å². The van der Waals surface area contributed by atoms with E-state index in [0.29, 0.717) is 5.92 Å². The molecule has 0 radical (unpaired) electrons. The summed E-state index contributed by atoms with van der Waals surface area (Å²) in [6.45, 7) is 6.09. The fourth-order valence-corrected chi connectivity index (χ4v) is 2.83. The molecule has 1 aliphatic heterocycles. The van der Waals surface area contributed by atoms with Gasteiger partial charge in [-0.15, -0.1) is 24.8 Å². The second kappa shape index (κ2) is 6.70. The zero-order chi connectivity index (χ0) is 11.8. The quantitative estimate of drug-likeness (QED) is 0.818. The molecule has 1 aromatic heterocycles. The summed E-state index contributed by atoms with van der Waals surface area (Å²) in [6.07, 6.45) is 1.94. The molecule has 1 fully saturated rings. The maximum atomic E-state index is 9.95. The van der Waals surface area contributed by atoms with E-state index in [2.05, 4.69) is 27.1 Å². The molecule has 0 bridgehead atoms. The second-order valence-electron chi connectivity index (χ2n) is 4.89. The fourth-order valence-electron chi connectivity index (χ4n) is 2.83. The number of halogens is 2. The first kappa shape index (κ1) is 16.4. The lowest BCUT2D eigenvalue weighted by Gasteiger charge is -2.30. The second-order valence-corrected chi connectivity index (χ2v) is 4.89. The monoisotopic (exact) mass is 306 g/mol. The molecular weight excluding hydrogens is 287 g/mol. The number of nitrogens with zero attached hydrogens (tertiary/aromatic N) is 3. The number of hydrogen-bond acceptors (Lipinski definition) is 5. The lowest BCUT2D eigenvalue weighted by molar-refractivity contribution is 0.170. The molecular formula is C12H20Cl2N4O. The summed E-state index contributed by atoms with van der Waals surface area (Å²) >= 11 is 0. The summed E-state index contributed by atoms with van der Waals surface area (Å²) in [5.41, 5.74) is 1.99. The number of rotatable bonds is 1. The van der Waals surface area contributed by atoms with E-state index in [-0.39, 0.29) is 24.8 Å². The van der Waals surface area contributed by atoms with E-state index >= 15 is 0 Å². The van der Waals surface area contributed by atoms with Gasteiger partial charge in [-0.2, -0.15) is 0 Å². The lowest BCUT2D eigenvalue weighted by atomic mass is 10.1. The van der Waals surface area contributed by atoms with Crippen LogP contribution in [-0.4, -0.2) is 41.3 Å². The fraction of sp³-hybridized carbons (Fsp3) is 0.667. The Morgan fingerprint density at radius 1 is 1.26 bits per heavy atom. The third kappa shape index (κ3) is 2.94. The van der Waals surface area contributed by atoms with Crippen LogP contribution in [0.5, 0.6) is 0 Å². The van der Waals surface area contributed by atoms with Crippen LogP contribution in [0, 0.1) is 0 Å². The SMILES string of the molecule is C[C@@H]1C[C@H](O)c2ncnc(N3CCNCC3)c21.Cl.Cl. The molecule has 2 heterocycles. The van der Waals surface area contributed by atoms with E-state index in [9.17, 15) is 5.11 Å². The van der Waals surface area contributed by atoms with Crippen molar-refractivity contribution in [3.05, 3.63) is 17.6 Å². The van der Waals surface area contributed by atoms with Crippen molar-refractivity contribution in [2.75, 3.05) is 31.1 Å². The Balaban J connectivity index is 0.000000902. The van der Waals surface area contributed by atoms with E-state index < -0.39 is 6.10 Å². The molecule has 2 N–H and O–H groups in total. The molecule has 0 spiro atoms. The minimum absolute atomic E-state index is 0. The minimum Gasteiger partial charge on any atom is -0.387 e. The summed E-state index contributed by atoms with van der Waals surface area (Å²) in [6, 6.07) is 0. The van der Waals surface area contributed by atoms with Crippen molar-refractivity contribution in [3.8, 4) is 0 Å². The first-order chi connectivity index (χ1) is 8.27. The Morgan fingerprint density at radius 3 is 2.63 bits per heavy atom. The molecule has 2 aliphatic rings. The van der Waals surface area contributed by atoms with E-state index in [0.717, 1.165) is 49.7 Å². The third-order valence-electron chi connectivity index (χ3n) is 3.70. The molecule has 0 saturated carbocycles. The van der Waals surface area contributed by atoms with E-state index in [1.807, 2.05) is 0 Å². The molecule has 2 atom stereocenters. The van der Waals surface area contributed by atoms with Gasteiger partial charge in [-0.3, -0.25) is 0 Å². The smallest absolute Gasteiger partial charge is 0.135 e. The number of anilines is 1. The maximum absolute atomic E-state index is 9.95. The molecule has 7 heteroatoms. The van der Waals surface area contributed by atoms with Crippen molar-refractivity contribution >= 4 is 30.6 Å². The molecule has 0 amide bonds. The summed E-state index contributed by atoms with van der Waals surface area (Å²) < 4.78 is 0. The largest absolute Gasteiger partial charge is 0.387 e. The van der Waals surface area contributed by atoms with Crippen molar-refractivity contribution in [1.82, 2.24) is 15.3 Å². The molecule has 108 valence electrons. The number of nitrogens with one attached hydrogen (secondary N) is 1. The highest BCUT2D eigenvalue weighted by Crippen LogP contribution is 2.42. The van der Waals surface area contributed by atoms with Gasteiger partial charge in [0.1, 0.15) is 12.1 Å². The number of aliphatic hydroxyl groups is 1. The topological polar surface area (TPSA) is 61.3 Å². The van der Waals surface area contributed by atoms with Gasteiger partial charge in [-0.25, -0.2) is 9.97 Å². The summed E-state index contributed by atoms with van der Waals surface area (Å²) in [5.74, 6) is 1.38. The molecule has 1 aromatic rings. The standard InChI is InChI=1S/C12H18N4O.2ClH/c1-8-6-9(17)11-10(8)12(15-7-14-11)16-4-2-13-3-5-16;;/h7-9,13,17H,2-6H2,1H3;2*1H/t8-,9+;;/m1../s1. The molecule has 5 nitrogen and oxygen atoms in total. The normalized spacial score (nSPS) is 25.3. The van der Waals surface area contributed by atoms with Crippen molar-refractivity contribution in [1.29, 1.82) is 0 Å². The number of piperazine rings is 1. The average Bonchev–Trinajstić information content (AvgIpc) is 2.66. The highest BCUT2D eigenvalue weighted by molar-refractivity contribution is 5.85. The Morgan fingerprint density at radius 2 is 1.95 bits per heavy atom. The van der Waals surface area contributed by atoms with Gasteiger partial charge in [0.2, 0.25) is 0 Å². The number of aliphatic hydroxyl groups excluding tert-OH is 1. The highest BCUT2D eigenvalue weighted by atomic mass is 35.5. The van der Waals surface area contributed by atoms with Crippen LogP contribution >= 0.6 is 24.8 Å². The van der Waals surface area contributed by atoms with Crippen molar-refractivity contribution in [3.63, 3.8) is 0 Å². The molecule has 19 heavy (non-hydrogen) atoms. The number of hydrogen-bond donors (Lipinski definition) is 2. The minimum atomic E-state index is -0.412. The van der Waals surface area contributed by atoms with Crippen LogP contribution in [0.25, 0.3) is 0 Å². The summed E-state index contributed by atoms with van der Waals surface area (Å²) in [5, 5.41) is 13.3. The van der Waals surface area contributed by atoms with Gasteiger partial charge in [0.05, 0.1) is 11.8 Å². The van der Waals surface area contributed by atoms with Crippen molar-refractivity contribution in [2.24, 2.45) is 0 Å². The van der Waals surface area contributed by atoms with Crippen LogP contribution in [0.1, 0.15) is 36.6 Å². The van der Waals surface area contributed by atoms with E-state index in [4.69, 9.17) is 0 Å². The van der Waals surface area contributed by atoms with Crippen LogP contribution in [0.2, 0.25) is 0 Å². The van der Waals surface area contributed by atoms with Gasteiger partial charge >= 0.3 is 0 Å². The Kier molecular flexibility index (Phi) is 5.80. The van der Waals surface area contributed by atoms with Crippen LogP contribution < -0.4 is 10.2 Å². The van der Waals surface area contributed by atoms with E-state index in [1.54, 1.807) is 6.33 Å². The summed E-state index contributed by atoms with van der Waals surface area (Å²) in [7, 11) is 0. The Labute approximate surface area is 125 Å². The average molecular weight is 307 g/mol. The van der Waals surface area contributed by atoms with Crippen molar-refractivity contribution in [2.45, 2.75) is 25.4 Å². The van der Waals surface area contributed by atoms with Gasteiger partial charge in [-0.1, -0.05) is 6.92 Å². The number of aromatic nitrogens is 2. The van der Waals surface area contributed by atoms with Crippen molar-refractivity contribution < 1.29 is 5.11 Å². The van der Waals surface area contributed by atoms with E-state index in [1.165, 1.54) is 0 Å². The molecule has 1 aliphatic carbocycles. The van der Waals surface area contributed by atoms with Gasteiger partial charge < -0.3 is 15.3 Å². The first-order valence-electron chi connectivity index (χ1n) is 6.26. The van der Waals surface area contributed by atoms with Gasteiger partial charge in [-0.05, 0) is 12.3 Å². The lowest BCUT2D eigenvalue weighted by Crippen LogP contribution is -2.44. The Bertz CT molecular complexity index is 426. The zero-order valence-electron chi connectivity index (χ0n) is 10.9. The van der Waals surface area contributed by atoms with Crippen LogP contribution in [0.4, 0.5) is 5.82 Å². The predicted octanol–water partition coefficient (Wildman–Crippen LogP) is 1.27. The number of fused-ring (bicyclic) bond motifs is 1. The van der Waals surface area contributed by atoms with Gasteiger partial charge in [0.25, 0.3) is 0 Å². The Hall–Kier alpha value is -0.620. The summed E-state index contributed by atoms with van der Waals surface area (Å²) in [4.78, 5) is 11.0. The molecule has 3 rings (SSSR count). The molecule has 0 unspecified atom stereocenters. The zero-order valence-corrected chi connectivity index (χ0v) is 12.5. The van der Waals surface area contributed by atoms with Crippen LogP contribution in [-0.2, 0) is 0 Å². The molecule has 1 saturated heterocycles. The first-order valence-corrected chi connectivity index (χ1v) is 6.26. The van der Waals surface area contributed by atoms with Crippen LogP contribution in [0.15, 0.2) is 6.33 Å². The molecule has 0 aromatic carbocycles. The van der Waals surface area contributed by atoms with Gasteiger partial charge in [0, 0.05) is 31.7 Å². The highest BCUT2D eigenvalue weighted by Gasteiger charge is 2.32. The predicted molar refractivity (Wildman–Crippen MR) is 79.6 cm³/mol. The third-order valence-corrected chi connectivity index (χ3v) is 3.70. The van der Waals surface area contributed by atoms with Gasteiger partial charge in [0.15, 0.2) is 0 Å².